The third kappa shape index (κ3) is 4.57. The molecule has 222 valence electrons. The lowest BCUT2D eigenvalue weighted by Gasteiger charge is -2.42. The average Bonchev–Trinajstić information content (AvgIpc) is 2.96. The highest BCUT2D eigenvalue weighted by molar-refractivity contribution is 7.16. The molecule has 20 heteroatoms. The molecule has 1 amide bonds. The summed E-state index contributed by atoms with van der Waals surface area (Å²) in [6.45, 7) is 0. The van der Waals surface area contributed by atoms with E-state index >= 15 is 0 Å². The van der Waals surface area contributed by atoms with Crippen LogP contribution in [0.4, 0.5) is 75.2 Å². The minimum Gasteiger partial charge on any atom is -0.311 e. The van der Waals surface area contributed by atoms with Crippen LogP contribution in [0.3, 0.4) is 0 Å². The monoisotopic (exact) mass is 620 g/mol. The Morgan fingerprint density at radius 3 is 1.69 bits per heavy atom. The van der Waals surface area contributed by atoms with Crippen molar-refractivity contribution in [2.75, 3.05) is 5.32 Å². The molecule has 1 heterocycles. The van der Waals surface area contributed by atoms with Crippen LogP contribution in [0.2, 0.25) is 0 Å². The lowest BCUT2D eigenvalue weighted by atomic mass is 9.89. The summed E-state index contributed by atoms with van der Waals surface area (Å²) in [5.74, 6) is -60.1. The molecule has 1 aromatic rings. The van der Waals surface area contributed by atoms with E-state index in [1.165, 1.54) is 6.07 Å². The topological polar surface area (TPSA) is 52.9 Å². The van der Waals surface area contributed by atoms with Gasteiger partial charge in [0.2, 0.25) is 0 Å². The summed E-state index contributed by atoms with van der Waals surface area (Å²) < 4.78 is 215. The van der Waals surface area contributed by atoms with Crippen LogP contribution in [0.25, 0.3) is 0 Å². The van der Waals surface area contributed by atoms with Gasteiger partial charge in [-0.1, -0.05) is 6.42 Å². The van der Waals surface area contributed by atoms with Gasteiger partial charge in [0.1, 0.15) is 11.1 Å². The van der Waals surface area contributed by atoms with Gasteiger partial charge < -0.3 is 5.32 Å². The zero-order valence-electron chi connectivity index (χ0n) is 18.4. The van der Waals surface area contributed by atoms with E-state index in [-0.39, 0.29) is 23.3 Å². The average molecular weight is 620 g/mol. The number of hydrogen-bond acceptors (Lipinski definition) is 3. The van der Waals surface area contributed by atoms with Gasteiger partial charge in [-0.2, -0.15) is 66.7 Å². The van der Waals surface area contributed by atoms with Gasteiger partial charge in [0.05, 0.1) is 5.56 Å². The summed E-state index contributed by atoms with van der Waals surface area (Å²) in [6.07, 6.45) is -4.09. The molecule has 0 aromatic carbocycles. The maximum absolute atomic E-state index is 14.2. The number of fused-ring (bicyclic) bond motifs is 1. The van der Waals surface area contributed by atoms with Gasteiger partial charge in [0.15, 0.2) is 0 Å². The summed E-state index contributed by atoms with van der Waals surface area (Å²) >= 11 is 0.339. The molecule has 0 saturated heterocycles. The standard InChI is InChI=1S/C19H12F16N2OS/c20-11(21)13(22,23)15(26,27)17(30,31)19(34,35)18(32,33)16(28,29)14(24,25)12(38)37-10-8(6-36)7-4-2-1-3-5-9(7)39-10/h11H,1-5H2,(H,37,38). The van der Waals surface area contributed by atoms with E-state index in [4.69, 9.17) is 0 Å². The van der Waals surface area contributed by atoms with Gasteiger partial charge in [-0.05, 0) is 31.2 Å². The van der Waals surface area contributed by atoms with Crippen molar-refractivity contribution in [2.24, 2.45) is 0 Å². The number of nitrogens with zero attached hydrogens (tertiary/aromatic N) is 1. The van der Waals surface area contributed by atoms with Crippen LogP contribution in [0.5, 0.6) is 0 Å². The Morgan fingerprint density at radius 2 is 1.21 bits per heavy atom. The third-order valence-corrected chi connectivity index (χ3v) is 6.92. The molecule has 0 unspecified atom stereocenters. The minimum atomic E-state index is -8.59. The molecular weight excluding hydrogens is 608 g/mol. The smallest absolute Gasteiger partial charge is 0.311 e. The number of alkyl halides is 16. The van der Waals surface area contributed by atoms with Crippen molar-refractivity contribution in [3.63, 3.8) is 0 Å². The molecule has 0 atom stereocenters. The number of aryl methyl sites for hydroxylation is 1. The molecule has 3 nitrogen and oxygen atoms in total. The zero-order chi connectivity index (χ0) is 30.6. The fourth-order valence-electron chi connectivity index (χ4n) is 3.41. The largest absolute Gasteiger partial charge is 0.393 e. The van der Waals surface area contributed by atoms with E-state index in [0.29, 0.717) is 30.6 Å². The van der Waals surface area contributed by atoms with Crippen molar-refractivity contribution < 1.29 is 75.0 Å². The second-order valence-electron chi connectivity index (χ2n) is 8.20. The predicted molar refractivity (Wildman–Crippen MR) is 99.6 cm³/mol. The van der Waals surface area contributed by atoms with E-state index < -0.39 is 64.4 Å². The fourth-order valence-corrected chi connectivity index (χ4v) is 4.64. The first-order chi connectivity index (χ1) is 17.4. The minimum absolute atomic E-state index is 0.119. The molecule has 0 spiro atoms. The number of hydrogen-bond donors (Lipinski definition) is 1. The van der Waals surface area contributed by atoms with E-state index in [0.717, 1.165) is 5.32 Å². The molecule has 1 aliphatic carbocycles. The summed E-state index contributed by atoms with van der Waals surface area (Å²) in [7, 11) is 0. The van der Waals surface area contributed by atoms with Gasteiger partial charge >= 0.3 is 53.8 Å². The summed E-state index contributed by atoms with van der Waals surface area (Å²) in [4.78, 5) is 12.1. The number of rotatable bonds is 9. The number of halogens is 16. The van der Waals surface area contributed by atoms with Crippen molar-refractivity contribution >= 4 is 22.2 Å². The van der Waals surface area contributed by atoms with E-state index in [1.807, 2.05) is 0 Å². The Morgan fingerprint density at radius 1 is 0.744 bits per heavy atom. The molecule has 0 aliphatic heterocycles. The number of nitriles is 1. The fraction of sp³-hybridized carbons (Fsp3) is 0.684. The van der Waals surface area contributed by atoms with Crippen molar-refractivity contribution in [1.29, 1.82) is 5.26 Å². The Hall–Kier alpha value is -2.46. The summed E-state index contributed by atoms with van der Waals surface area (Å²) in [5.41, 5.74) is -0.439. The Labute approximate surface area is 210 Å². The van der Waals surface area contributed by atoms with Crippen LogP contribution in [-0.2, 0) is 17.6 Å². The highest BCUT2D eigenvalue weighted by atomic mass is 32.1. The number of thiophene rings is 1. The second-order valence-corrected chi connectivity index (χ2v) is 9.31. The molecule has 0 radical (unpaired) electrons. The molecule has 2 rings (SSSR count). The normalized spacial score (nSPS) is 16.5. The lowest BCUT2D eigenvalue weighted by Crippen LogP contribution is -2.74. The highest BCUT2D eigenvalue weighted by Gasteiger charge is 2.94. The van der Waals surface area contributed by atoms with Crippen LogP contribution in [0.1, 0.15) is 35.3 Å². The first-order valence-corrected chi connectivity index (χ1v) is 11.0. The first-order valence-electron chi connectivity index (χ1n) is 10.2. The SMILES string of the molecule is N#Cc1c(NC(=O)C(F)(F)C(F)(F)C(F)(F)C(F)(F)C(F)(F)C(F)(F)C(F)(F)C(F)F)sc2c1CCCCC2. The van der Waals surface area contributed by atoms with Crippen molar-refractivity contribution in [3.05, 3.63) is 16.0 Å². The van der Waals surface area contributed by atoms with Gasteiger partial charge in [0, 0.05) is 4.88 Å². The molecule has 0 saturated carbocycles. The van der Waals surface area contributed by atoms with Gasteiger partial charge in [-0.3, -0.25) is 4.79 Å². The van der Waals surface area contributed by atoms with Crippen LogP contribution in [0.15, 0.2) is 0 Å². The van der Waals surface area contributed by atoms with Crippen LogP contribution in [0, 0.1) is 11.3 Å². The number of nitrogens with one attached hydrogen (secondary N) is 1. The number of carbonyl (C=O) groups is 1. The van der Waals surface area contributed by atoms with Crippen molar-refractivity contribution in [1.82, 2.24) is 0 Å². The Balaban J connectivity index is 2.52. The second kappa shape index (κ2) is 9.87. The number of anilines is 1. The molecule has 39 heavy (non-hydrogen) atoms. The Bertz CT molecular complexity index is 1140. The van der Waals surface area contributed by atoms with Crippen LogP contribution < -0.4 is 5.32 Å². The van der Waals surface area contributed by atoms with Crippen molar-refractivity contribution in [2.45, 2.75) is 80.0 Å². The van der Waals surface area contributed by atoms with Gasteiger partial charge in [0.25, 0.3) is 0 Å². The molecular formula is C19H12F16N2OS. The molecule has 1 aliphatic rings. The van der Waals surface area contributed by atoms with Crippen LogP contribution in [-0.4, -0.2) is 53.8 Å². The maximum Gasteiger partial charge on any atom is 0.393 e. The number of amides is 1. The molecule has 0 bridgehead atoms. The highest BCUT2D eigenvalue weighted by Crippen LogP contribution is 2.62. The molecule has 1 aromatic heterocycles. The van der Waals surface area contributed by atoms with Gasteiger partial charge in [-0.25, -0.2) is 8.78 Å². The van der Waals surface area contributed by atoms with Crippen LogP contribution >= 0.6 is 11.3 Å². The lowest BCUT2D eigenvalue weighted by molar-refractivity contribution is -0.443. The zero-order valence-corrected chi connectivity index (χ0v) is 19.2. The summed E-state index contributed by atoms with van der Waals surface area (Å²) in [6, 6.07) is 1.42. The van der Waals surface area contributed by atoms with E-state index in [1.54, 1.807) is 0 Å². The predicted octanol–water partition coefficient (Wildman–Crippen LogP) is 7.54. The van der Waals surface area contributed by atoms with E-state index in [2.05, 4.69) is 0 Å². The Kier molecular flexibility index (Phi) is 8.29. The van der Waals surface area contributed by atoms with E-state index in [9.17, 15) is 80.3 Å². The quantitative estimate of drug-likeness (QED) is 0.229. The molecule has 0 fully saturated rings. The van der Waals surface area contributed by atoms with Gasteiger partial charge in [-0.15, -0.1) is 11.3 Å². The van der Waals surface area contributed by atoms with Crippen molar-refractivity contribution in [3.8, 4) is 6.07 Å². The maximum atomic E-state index is 14.2. The summed E-state index contributed by atoms with van der Waals surface area (Å²) in [5, 5.41) is 9.18. The first kappa shape index (κ1) is 32.8. The third-order valence-electron chi connectivity index (χ3n) is 5.71. The number of carbonyl (C=O) groups excluding carboxylic acids is 1. The molecule has 1 N–H and O–H groups in total.